The molecular weight excluding hydrogens is 233 g/mol. The van der Waals surface area contributed by atoms with Gasteiger partial charge < -0.3 is 4.98 Å². The van der Waals surface area contributed by atoms with Crippen LogP contribution in [0.5, 0.6) is 0 Å². The summed E-state index contributed by atoms with van der Waals surface area (Å²) in [6.45, 7) is 0. The summed E-state index contributed by atoms with van der Waals surface area (Å²) in [6.07, 6.45) is 1.68. The molecule has 0 unspecified atom stereocenters. The van der Waals surface area contributed by atoms with Crippen molar-refractivity contribution in [2.24, 2.45) is 0 Å². The van der Waals surface area contributed by atoms with Crippen LogP contribution >= 0.6 is 23.2 Å². The monoisotopic (exact) mass is 239 g/mol. The Morgan fingerprint density at radius 3 is 2.27 bits per heavy atom. The first kappa shape index (κ1) is 10.3. The van der Waals surface area contributed by atoms with E-state index in [0.717, 1.165) is 0 Å². The number of ketones is 1. The Balaban J connectivity index is 2.51. The topological polar surface area (TPSA) is 32.9 Å². The average Bonchev–Trinajstić information content (AvgIpc) is 2.69. The van der Waals surface area contributed by atoms with Crippen molar-refractivity contribution in [1.82, 2.24) is 4.98 Å². The van der Waals surface area contributed by atoms with Gasteiger partial charge in [0.15, 0.2) is 0 Å². The zero-order valence-electron chi connectivity index (χ0n) is 7.63. The van der Waals surface area contributed by atoms with Crippen LogP contribution in [0, 0.1) is 0 Å². The summed E-state index contributed by atoms with van der Waals surface area (Å²) in [5.41, 5.74) is 0.813. The molecule has 2 aromatic rings. The van der Waals surface area contributed by atoms with Gasteiger partial charge in [0.25, 0.3) is 0 Å². The second kappa shape index (κ2) is 4.09. The highest BCUT2D eigenvalue weighted by Crippen LogP contribution is 2.26. The molecule has 0 aliphatic carbocycles. The fourth-order valence-electron chi connectivity index (χ4n) is 1.32. The Kier molecular flexibility index (Phi) is 2.80. The van der Waals surface area contributed by atoms with Gasteiger partial charge in [-0.2, -0.15) is 0 Å². The standard InChI is InChI=1S/C11H7Cl2NO/c12-7-3-1-4-8(13)10(7)11(15)9-5-2-6-14-9/h1-6,14H. The van der Waals surface area contributed by atoms with Gasteiger partial charge in [-0.15, -0.1) is 0 Å². The zero-order valence-corrected chi connectivity index (χ0v) is 9.14. The zero-order chi connectivity index (χ0) is 10.8. The van der Waals surface area contributed by atoms with E-state index in [4.69, 9.17) is 23.2 Å². The SMILES string of the molecule is O=C(c1ccc[nH]1)c1c(Cl)cccc1Cl. The highest BCUT2D eigenvalue weighted by Gasteiger charge is 2.16. The molecule has 0 radical (unpaired) electrons. The molecule has 1 heterocycles. The largest absolute Gasteiger partial charge is 0.359 e. The third-order valence-electron chi connectivity index (χ3n) is 2.03. The van der Waals surface area contributed by atoms with Crippen LogP contribution in [0.15, 0.2) is 36.5 Å². The first-order valence-electron chi connectivity index (χ1n) is 4.32. The number of hydrogen-bond donors (Lipinski definition) is 1. The van der Waals surface area contributed by atoms with E-state index in [1.165, 1.54) is 0 Å². The van der Waals surface area contributed by atoms with E-state index in [2.05, 4.69) is 4.98 Å². The molecule has 0 fully saturated rings. The Labute approximate surface area is 96.8 Å². The first-order chi connectivity index (χ1) is 7.20. The fourth-order valence-corrected chi connectivity index (χ4v) is 1.89. The van der Waals surface area contributed by atoms with Gasteiger partial charge in [-0.05, 0) is 24.3 Å². The summed E-state index contributed by atoms with van der Waals surface area (Å²) in [7, 11) is 0. The Hall–Kier alpha value is -1.25. The van der Waals surface area contributed by atoms with E-state index in [0.29, 0.717) is 21.3 Å². The van der Waals surface area contributed by atoms with Crippen LogP contribution < -0.4 is 0 Å². The van der Waals surface area contributed by atoms with Crippen molar-refractivity contribution in [2.75, 3.05) is 0 Å². The minimum Gasteiger partial charge on any atom is -0.359 e. The summed E-state index contributed by atoms with van der Waals surface area (Å²) >= 11 is 11.8. The predicted molar refractivity (Wildman–Crippen MR) is 60.7 cm³/mol. The Morgan fingerprint density at radius 2 is 1.73 bits per heavy atom. The maximum atomic E-state index is 11.9. The van der Waals surface area contributed by atoms with Crippen molar-refractivity contribution in [3.05, 3.63) is 57.8 Å². The molecule has 4 heteroatoms. The number of aromatic nitrogens is 1. The van der Waals surface area contributed by atoms with Gasteiger partial charge in [-0.1, -0.05) is 29.3 Å². The molecular formula is C11H7Cl2NO. The van der Waals surface area contributed by atoms with E-state index in [1.807, 2.05) is 0 Å². The molecule has 0 saturated carbocycles. The van der Waals surface area contributed by atoms with Crippen molar-refractivity contribution in [2.45, 2.75) is 0 Å². The molecule has 1 aromatic heterocycles. The number of carbonyl (C=O) groups excluding carboxylic acids is 1. The molecule has 0 amide bonds. The summed E-state index contributed by atoms with van der Waals surface area (Å²) in [6, 6.07) is 8.42. The van der Waals surface area contributed by atoms with Crippen molar-refractivity contribution >= 4 is 29.0 Å². The number of nitrogens with one attached hydrogen (secondary N) is 1. The molecule has 0 spiro atoms. The van der Waals surface area contributed by atoms with Gasteiger partial charge in [0.05, 0.1) is 21.3 Å². The number of halogens is 2. The molecule has 0 bridgehead atoms. The number of benzene rings is 1. The van der Waals surface area contributed by atoms with Crippen LogP contribution in [0.4, 0.5) is 0 Å². The lowest BCUT2D eigenvalue weighted by Crippen LogP contribution is -2.03. The minimum absolute atomic E-state index is 0.199. The molecule has 76 valence electrons. The number of carbonyl (C=O) groups is 1. The average molecular weight is 240 g/mol. The lowest BCUT2D eigenvalue weighted by molar-refractivity contribution is 0.103. The van der Waals surface area contributed by atoms with Crippen LogP contribution in [0.25, 0.3) is 0 Å². The molecule has 2 rings (SSSR count). The smallest absolute Gasteiger partial charge is 0.212 e. The lowest BCUT2D eigenvalue weighted by atomic mass is 10.1. The van der Waals surface area contributed by atoms with E-state index < -0.39 is 0 Å². The quantitative estimate of drug-likeness (QED) is 0.800. The number of H-pyrrole nitrogens is 1. The minimum atomic E-state index is -0.199. The van der Waals surface area contributed by atoms with E-state index in [1.54, 1.807) is 36.5 Å². The van der Waals surface area contributed by atoms with Gasteiger partial charge >= 0.3 is 0 Å². The molecule has 15 heavy (non-hydrogen) atoms. The molecule has 1 aromatic carbocycles. The second-order valence-electron chi connectivity index (χ2n) is 3.01. The third-order valence-corrected chi connectivity index (χ3v) is 2.66. The van der Waals surface area contributed by atoms with Crippen molar-refractivity contribution < 1.29 is 4.79 Å². The number of aromatic amines is 1. The van der Waals surface area contributed by atoms with Crippen molar-refractivity contribution in [3.63, 3.8) is 0 Å². The van der Waals surface area contributed by atoms with Gasteiger partial charge in [0.2, 0.25) is 5.78 Å². The maximum Gasteiger partial charge on any atom is 0.212 e. The van der Waals surface area contributed by atoms with E-state index in [-0.39, 0.29) is 5.78 Å². The molecule has 1 N–H and O–H groups in total. The van der Waals surface area contributed by atoms with Crippen LogP contribution in [-0.4, -0.2) is 10.8 Å². The summed E-state index contributed by atoms with van der Waals surface area (Å²) < 4.78 is 0. The van der Waals surface area contributed by atoms with Crippen molar-refractivity contribution in [1.29, 1.82) is 0 Å². The number of hydrogen-bond acceptors (Lipinski definition) is 1. The molecule has 0 atom stereocenters. The summed E-state index contributed by atoms with van der Waals surface area (Å²) in [5, 5.41) is 0.726. The van der Waals surface area contributed by atoms with Gasteiger partial charge in [-0.25, -0.2) is 0 Å². The van der Waals surface area contributed by atoms with Crippen molar-refractivity contribution in [3.8, 4) is 0 Å². The summed E-state index contributed by atoms with van der Waals surface area (Å²) in [5.74, 6) is -0.199. The van der Waals surface area contributed by atoms with Gasteiger partial charge in [-0.3, -0.25) is 4.79 Å². The number of rotatable bonds is 2. The first-order valence-corrected chi connectivity index (χ1v) is 5.08. The highest BCUT2D eigenvalue weighted by atomic mass is 35.5. The molecule has 0 aliphatic rings. The third kappa shape index (κ3) is 1.91. The lowest BCUT2D eigenvalue weighted by Gasteiger charge is -2.03. The van der Waals surface area contributed by atoms with E-state index >= 15 is 0 Å². The normalized spacial score (nSPS) is 10.3. The Morgan fingerprint density at radius 1 is 1.07 bits per heavy atom. The molecule has 0 aliphatic heterocycles. The Bertz CT molecular complexity index is 471. The van der Waals surface area contributed by atoms with Gasteiger partial charge in [0.1, 0.15) is 0 Å². The summed E-state index contributed by atoms with van der Waals surface area (Å²) in [4.78, 5) is 14.8. The molecule has 0 saturated heterocycles. The van der Waals surface area contributed by atoms with Crippen LogP contribution in [0.3, 0.4) is 0 Å². The molecule has 2 nitrogen and oxygen atoms in total. The second-order valence-corrected chi connectivity index (χ2v) is 3.82. The maximum absolute atomic E-state index is 11.9. The van der Waals surface area contributed by atoms with E-state index in [9.17, 15) is 4.79 Å². The van der Waals surface area contributed by atoms with Crippen LogP contribution in [0.2, 0.25) is 10.0 Å². The van der Waals surface area contributed by atoms with Crippen LogP contribution in [-0.2, 0) is 0 Å². The van der Waals surface area contributed by atoms with Gasteiger partial charge in [0, 0.05) is 6.20 Å². The fraction of sp³-hybridized carbons (Fsp3) is 0. The highest BCUT2D eigenvalue weighted by molar-refractivity contribution is 6.40. The predicted octanol–water partition coefficient (Wildman–Crippen LogP) is 3.55. The van der Waals surface area contributed by atoms with Crippen LogP contribution in [0.1, 0.15) is 16.1 Å².